The van der Waals surface area contributed by atoms with E-state index in [0.29, 0.717) is 5.92 Å². The Morgan fingerprint density at radius 1 is 1.33 bits per heavy atom. The standard InChI is InChI=1S/C8H17NO2S/c1-6(2)12(10,11)9-8-4-7(3)5-8/h6-9H,4-5H2,1-3H3. The zero-order valence-corrected chi connectivity index (χ0v) is 8.69. The molecule has 0 atom stereocenters. The first-order valence-electron chi connectivity index (χ1n) is 4.43. The van der Waals surface area contributed by atoms with E-state index in [1.54, 1.807) is 13.8 Å². The lowest BCUT2D eigenvalue weighted by atomic mass is 9.83. The van der Waals surface area contributed by atoms with Crippen molar-refractivity contribution >= 4 is 10.0 Å². The molecule has 0 radical (unpaired) electrons. The van der Waals surface area contributed by atoms with Gasteiger partial charge in [0.05, 0.1) is 5.25 Å². The van der Waals surface area contributed by atoms with Crippen LogP contribution in [-0.4, -0.2) is 19.7 Å². The molecule has 0 spiro atoms. The van der Waals surface area contributed by atoms with Gasteiger partial charge in [-0.1, -0.05) is 6.92 Å². The zero-order valence-electron chi connectivity index (χ0n) is 7.87. The molecule has 0 heterocycles. The lowest BCUT2D eigenvalue weighted by Gasteiger charge is -2.33. The van der Waals surface area contributed by atoms with Crippen molar-refractivity contribution in [2.45, 2.75) is 44.9 Å². The van der Waals surface area contributed by atoms with E-state index in [0.717, 1.165) is 12.8 Å². The summed E-state index contributed by atoms with van der Waals surface area (Å²) in [5.41, 5.74) is 0. The third-order valence-electron chi connectivity index (χ3n) is 2.33. The maximum Gasteiger partial charge on any atom is 0.214 e. The summed E-state index contributed by atoms with van der Waals surface area (Å²) in [5.74, 6) is 0.685. The molecule has 1 N–H and O–H groups in total. The minimum Gasteiger partial charge on any atom is -0.212 e. The summed E-state index contributed by atoms with van der Waals surface area (Å²) >= 11 is 0. The monoisotopic (exact) mass is 191 g/mol. The molecule has 3 nitrogen and oxygen atoms in total. The molecule has 0 aromatic carbocycles. The molecular weight excluding hydrogens is 174 g/mol. The highest BCUT2D eigenvalue weighted by Crippen LogP contribution is 2.27. The SMILES string of the molecule is CC1CC(NS(=O)(=O)C(C)C)C1. The first-order valence-corrected chi connectivity index (χ1v) is 5.97. The Hall–Kier alpha value is -0.0900. The van der Waals surface area contributed by atoms with Crippen LogP contribution in [0.3, 0.4) is 0 Å². The van der Waals surface area contributed by atoms with E-state index in [-0.39, 0.29) is 11.3 Å². The third kappa shape index (κ3) is 2.20. The van der Waals surface area contributed by atoms with Gasteiger partial charge in [-0.15, -0.1) is 0 Å². The fourth-order valence-electron chi connectivity index (χ4n) is 1.37. The van der Waals surface area contributed by atoms with E-state index in [4.69, 9.17) is 0 Å². The fraction of sp³-hybridized carbons (Fsp3) is 1.00. The average Bonchev–Trinajstić information content (AvgIpc) is 1.83. The van der Waals surface area contributed by atoms with E-state index in [9.17, 15) is 8.42 Å². The predicted octanol–water partition coefficient (Wildman–Crippen LogP) is 1.11. The molecule has 72 valence electrons. The van der Waals surface area contributed by atoms with Gasteiger partial charge >= 0.3 is 0 Å². The quantitative estimate of drug-likeness (QED) is 0.726. The summed E-state index contributed by atoms with van der Waals surface area (Å²) in [6.45, 7) is 5.54. The van der Waals surface area contributed by atoms with Gasteiger partial charge in [0.2, 0.25) is 10.0 Å². The molecule has 1 aliphatic rings. The molecule has 0 aliphatic heterocycles. The Kier molecular flexibility index (Phi) is 2.78. The molecule has 0 bridgehead atoms. The van der Waals surface area contributed by atoms with Crippen molar-refractivity contribution < 1.29 is 8.42 Å². The Bertz CT molecular complexity index is 240. The van der Waals surface area contributed by atoms with Gasteiger partial charge in [-0.2, -0.15) is 0 Å². The van der Waals surface area contributed by atoms with Crippen molar-refractivity contribution in [1.29, 1.82) is 0 Å². The maximum atomic E-state index is 11.3. The predicted molar refractivity (Wildman–Crippen MR) is 49.4 cm³/mol. The van der Waals surface area contributed by atoms with Crippen LogP contribution in [0.2, 0.25) is 0 Å². The van der Waals surface area contributed by atoms with Gasteiger partial charge in [0.25, 0.3) is 0 Å². The second-order valence-corrected chi connectivity index (χ2v) is 6.25. The van der Waals surface area contributed by atoms with E-state index >= 15 is 0 Å². The van der Waals surface area contributed by atoms with Crippen molar-refractivity contribution in [3.63, 3.8) is 0 Å². The van der Waals surface area contributed by atoms with Crippen molar-refractivity contribution in [1.82, 2.24) is 4.72 Å². The Morgan fingerprint density at radius 2 is 1.83 bits per heavy atom. The highest BCUT2D eigenvalue weighted by molar-refractivity contribution is 7.90. The van der Waals surface area contributed by atoms with Gasteiger partial charge < -0.3 is 0 Å². The Labute approximate surface area is 74.6 Å². The van der Waals surface area contributed by atoms with Crippen molar-refractivity contribution in [3.05, 3.63) is 0 Å². The molecule has 12 heavy (non-hydrogen) atoms. The molecule has 1 rings (SSSR count). The largest absolute Gasteiger partial charge is 0.214 e. The van der Waals surface area contributed by atoms with Crippen LogP contribution in [0.1, 0.15) is 33.6 Å². The van der Waals surface area contributed by atoms with Crippen LogP contribution in [0.15, 0.2) is 0 Å². The fourth-order valence-corrected chi connectivity index (χ4v) is 2.30. The van der Waals surface area contributed by atoms with Crippen molar-refractivity contribution in [2.75, 3.05) is 0 Å². The number of hydrogen-bond acceptors (Lipinski definition) is 2. The van der Waals surface area contributed by atoms with E-state index in [2.05, 4.69) is 11.6 Å². The lowest BCUT2D eigenvalue weighted by Crippen LogP contribution is -2.45. The number of rotatable bonds is 3. The van der Waals surface area contributed by atoms with Crippen LogP contribution in [0.5, 0.6) is 0 Å². The van der Waals surface area contributed by atoms with Gasteiger partial charge in [-0.05, 0) is 32.6 Å². The minimum absolute atomic E-state index is 0.201. The Balaban J connectivity index is 2.42. The highest BCUT2D eigenvalue weighted by Gasteiger charge is 2.30. The van der Waals surface area contributed by atoms with Gasteiger partial charge in [-0.25, -0.2) is 13.1 Å². The molecule has 1 saturated carbocycles. The van der Waals surface area contributed by atoms with Crippen LogP contribution in [0, 0.1) is 5.92 Å². The van der Waals surface area contributed by atoms with Gasteiger partial charge in [0, 0.05) is 6.04 Å². The highest BCUT2D eigenvalue weighted by atomic mass is 32.2. The molecule has 1 fully saturated rings. The average molecular weight is 191 g/mol. The summed E-state index contributed by atoms with van der Waals surface area (Å²) in [5, 5.41) is -0.312. The first-order chi connectivity index (χ1) is 5.42. The Morgan fingerprint density at radius 3 is 2.17 bits per heavy atom. The van der Waals surface area contributed by atoms with Gasteiger partial charge in [0.1, 0.15) is 0 Å². The van der Waals surface area contributed by atoms with Crippen molar-refractivity contribution in [2.24, 2.45) is 5.92 Å². The second kappa shape index (κ2) is 3.34. The molecule has 0 saturated heterocycles. The summed E-state index contributed by atoms with van der Waals surface area (Å²) in [4.78, 5) is 0. The summed E-state index contributed by atoms with van der Waals surface area (Å²) in [6.07, 6.45) is 1.98. The van der Waals surface area contributed by atoms with Crippen LogP contribution < -0.4 is 4.72 Å². The number of hydrogen-bond donors (Lipinski definition) is 1. The smallest absolute Gasteiger partial charge is 0.212 e. The maximum absolute atomic E-state index is 11.3. The molecule has 0 unspecified atom stereocenters. The minimum atomic E-state index is -3.03. The van der Waals surface area contributed by atoms with Crippen molar-refractivity contribution in [3.8, 4) is 0 Å². The summed E-state index contributed by atoms with van der Waals surface area (Å²) < 4.78 is 25.4. The summed E-state index contributed by atoms with van der Waals surface area (Å²) in [6, 6.07) is 0.201. The second-order valence-electron chi connectivity index (χ2n) is 3.99. The van der Waals surface area contributed by atoms with Crippen LogP contribution in [0.25, 0.3) is 0 Å². The number of sulfonamides is 1. The van der Waals surface area contributed by atoms with E-state index in [1.165, 1.54) is 0 Å². The van der Waals surface area contributed by atoms with E-state index in [1.807, 2.05) is 0 Å². The number of nitrogens with one attached hydrogen (secondary N) is 1. The molecule has 4 heteroatoms. The lowest BCUT2D eigenvalue weighted by molar-refractivity contribution is 0.270. The normalized spacial score (nSPS) is 30.3. The first kappa shape index (κ1) is 9.99. The molecule has 0 aromatic rings. The van der Waals surface area contributed by atoms with Crippen LogP contribution >= 0.6 is 0 Å². The van der Waals surface area contributed by atoms with Crippen LogP contribution in [-0.2, 0) is 10.0 Å². The van der Waals surface area contributed by atoms with Crippen LogP contribution in [0.4, 0.5) is 0 Å². The molecular formula is C8H17NO2S. The third-order valence-corrected chi connectivity index (χ3v) is 4.23. The zero-order chi connectivity index (χ0) is 9.35. The molecule has 0 aromatic heterocycles. The van der Waals surface area contributed by atoms with E-state index < -0.39 is 10.0 Å². The molecule has 1 aliphatic carbocycles. The summed E-state index contributed by atoms with van der Waals surface area (Å²) in [7, 11) is -3.03. The topological polar surface area (TPSA) is 46.2 Å². The molecule has 0 amide bonds. The van der Waals surface area contributed by atoms with Gasteiger partial charge in [-0.3, -0.25) is 0 Å². The van der Waals surface area contributed by atoms with Gasteiger partial charge in [0.15, 0.2) is 0 Å².